The van der Waals surface area contributed by atoms with Crippen LogP contribution in [0.1, 0.15) is 0 Å². The summed E-state index contributed by atoms with van der Waals surface area (Å²) < 4.78 is 37.9. The molecule has 33 heavy (non-hydrogen) atoms. The van der Waals surface area contributed by atoms with Gasteiger partial charge in [-0.05, 0) is 24.3 Å². The molecule has 0 fully saturated rings. The lowest BCUT2D eigenvalue weighted by atomic mass is 10.2. The fourth-order valence-electron chi connectivity index (χ4n) is 2.76. The van der Waals surface area contributed by atoms with E-state index < -0.39 is 10.0 Å². The van der Waals surface area contributed by atoms with E-state index in [0.717, 1.165) is 11.3 Å². The molecule has 4 aromatic rings. The molecule has 0 atom stereocenters. The quantitative estimate of drug-likeness (QED) is 0.337. The van der Waals surface area contributed by atoms with Gasteiger partial charge < -0.3 is 31.8 Å². The van der Waals surface area contributed by atoms with Crippen LogP contribution in [-0.2, 0) is 10.0 Å². The smallest absolute Gasteiger partial charge is 0.321 e. The summed E-state index contributed by atoms with van der Waals surface area (Å²) in [6.45, 7) is 0. The Morgan fingerprint density at radius 2 is 1.64 bits per heavy atom. The van der Waals surface area contributed by atoms with Crippen molar-refractivity contribution in [1.29, 1.82) is 0 Å². The van der Waals surface area contributed by atoms with E-state index in [2.05, 4.69) is 25.0 Å². The second-order valence-electron chi connectivity index (χ2n) is 6.44. The van der Waals surface area contributed by atoms with Crippen molar-refractivity contribution in [3.63, 3.8) is 0 Å². The highest BCUT2D eigenvalue weighted by atomic mass is 79.9. The summed E-state index contributed by atoms with van der Waals surface area (Å²) in [6.07, 6.45) is 0. The van der Waals surface area contributed by atoms with Crippen molar-refractivity contribution in [1.82, 2.24) is 15.0 Å². The average Bonchev–Trinajstić information content (AvgIpc) is 3.28. The zero-order valence-electron chi connectivity index (χ0n) is 17.5. The van der Waals surface area contributed by atoms with Gasteiger partial charge >= 0.3 is 6.01 Å². The van der Waals surface area contributed by atoms with Crippen LogP contribution < -0.4 is 36.5 Å². The molecule has 2 N–H and O–H groups in total. The lowest BCUT2D eigenvalue weighted by Gasteiger charge is -2.10. The van der Waals surface area contributed by atoms with E-state index in [1.165, 1.54) is 43.8 Å². The molecule has 0 saturated carbocycles. The van der Waals surface area contributed by atoms with Crippen LogP contribution in [0.4, 0.5) is 16.6 Å². The summed E-state index contributed by atoms with van der Waals surface area (Å²) in [4.78, 5) is 12.6. The van der Waals surface area contributed by atoms with Crippen molar-refractivity contribution in [2.75, 3.05) is 24.3 Å². The van der Waals surface area contributed by atoms with Gasteiger partial charge in [0.25, 0.3) is 10.0 Å². The van der Waals surface area contributed by atoms with Crippen LogP contribution in [0.15, 0.2) is 70.9 Å². The number of aromatic nitrogens is 3. The van der Waals surface area contributed by atoms with Gasteiger partial charge in [-0.15, -0.1) is 11.3 Å². The fraction of sp³-hybridized carbons (Fsp3) is 0.0952. The molecule has 172 valence electrons. The molecule has 0 amide bonds. The predicted octanol–water partition coefficient (Wildman–Crippen LogP) is 1.17. The molecule has 9 nitrogen and oxygen atoms in total. The minimum Gasteiger partial charge on any atom is -1.00 e. The fourth-order valence-corrected chi connectivity index (χ4v) is 4.49. The molecule has 4 rings (SSSR count). The summed E-state index contributed by atoms with van der Waals surface area (Å²) in [5.74, 6) is 0.208. The van der Waals surface area contributed by atoms with Gasteiger partial charge in [0.2, 0.25) is 5.88 Å². The van der Waals surface area contributed by atoms with Crippen molar-refractivity contribution >= 4 is 38.0 Å². The van der Waals surface area contributed by atoms with Crippen LogP contribution in [-0.4, -0.2) is 37.6 Å². The van der Waals surface area contributed by atoms with Crippen molar-refractivity contribution in [3.05, 3.63) is 66.0 Å². The normalized spacial score (nSPS) is 10.7. The van der Waals surface area contributed by atoms with Gasteiger partial charge in [0, 0.05) is 22.7 Å². The van der Waals surface area contributed by atoms with E-state index in [1.807, 2.05) is 35.7 Å². The van der Waals surface area contributed by atoms with Crippen LogP contribution in [0.25, 0.3) is 11.3 Å². The molecule has 0 aliphatic carbocycles. The Morgan fingerprint density at radius 1 is 0.909 bits per heavy atom. The second kappa shape index (κ2) is 10.6. The standard InChI is InChI=1S/C21H19N5O4S2.BrH/c1-29-19-12-18(24-20(25-19)30-2)26-32(27,28)16-10-8-15(9-11-16)22-21-23-17(13-31-21)14-6-4-3-5-7-14;/h3-13H,1-2H3,(H,22,23)(H,24,25,26);1H/p-1. The van der Waals surface area contributed by atoms with E-state index in [-0.39, 0.29) is 39.6 Å². The molecule has 0 bridgehead atoms. The van der Waals surface area contributed by atoms with Gasteiger partial charge in [0.05, 0.1) is 24.8 Å². The van der Waals surface area contributed by atoms with Crippen molar-refractivity contribution in [2.24, 2.45) is 0 Å². The lowest BCUT2D eigenvalue weighted by molar-refractivity contribution is -0.00000990. The lowest BCUT2D eigenvalue weighted by Crippen LogP contribution is -3.00. The SMILES string of the molecule is COc1cc(NS(=O)(=O)c2ccc(Nc3nc(-c4ccccc4)cs3)cc2)nc(OC)n1.[Br-]. The topological polar surface area (TPSA) is 115 Å². The Balaban J connectivity index is 0.00000306. The number of nitrogens with zero attached hydrogens (tertiary/aromatic N) is 3. The largest absolute Gasteiger partial charge is 1.00 e. The summed E-state index contributed by atoms with van der Waals surface area (Å²) in [5, 5.41) is 5.86. The van der Waals surface area contributed by atoms with Gasteiger partial charge in [0.15, 0.2) is 10.9 Å². The van der Waals surface area contributed by atoms with Crippen LogP contribution in [0.2, 0.25) is 0 Å². The number of halogens is 1. The molecule has 12 heteroatoms. The maximum Gasteiger partial charge on any atom is 0.321 e. The number of methoxy groups -OCH3 is 2. The Morgan fingerprint density at radius 3 is 2.30 bits per heavy atom. The van der Waals surface area contributed by atoms with Crippen LogP contribution in [0.5, 0.6) is 11.9 Å². The maximum atomic E-state index is 12.7. The Kier molecular flexibility index (Phi) is 7.84. The van der Waals surface area contributed by atoms with Crippen LogP contribution in [0.3, 0.4) is 0 Å². The number of anilines is 3. The van der Waals surface area contributed by atoms with E-state index in [0.29, 0.717) is 10.8 Å². The first-order valence-electron chi connectivity index (χ1n) is 9.35. The minimum atomic E-state index is -3.88. The van der Waals surface area contributed by atoms with Crippen molar-refractivity contribution in [2.45, 2.75) is 4.90 Å². The monoisotopic (exact) mass is 548 g/mol. The number of rotatable bonds is 8. The number of hydrogen-bond acceptors (Lipinski definition) is 9. The number of ether oxygens (including phenoxy) is 2. The molecule has 0 radical (unpaired) electrons. The van der Waals surface area contributed by atoms with Crippen molar-refractivity contribution in [3.8, 4) is 23.1 Å². The molecule has 0 aliphatic heterocycles. The third-order valence-corrected chi connectivity index (χ3v) is 6.43. The molecule has 0 aliphatic rings. The highest BCUT2D eigenvalue weighted by Crippen LogP contribution is 2.28. The number of sulfonamides is 1. The molecule has 2 heterocycles. The van der Waals surface area contributed by atoms with Crippen LogP contribution >= 0.6 is 11.3 Å². The van der Waals surface area contributed by atoms with Gasteiger partial charge in [-0.2, -0.15) is 9.97 Å². The van der Waals surface area contributed by atoms with E-state index >= 15 is 0 Å². The Bertz CT molecular complexity index is 1290. The zero-order chi connectivity index (χ0) is 22.6. The maximum absolute atomic E-state index is 12.7. The van der Waals surface area contributed by atoms with Crippen molar-refractivity contribution < 1.29 is 34.9 Å². The Labute approximate surface area is 205 Å². The molecular weight excluding hydrogens is 530 g/mol. The number of nitrogens with one attached hydrogen (secondary N) is 2. The van der Waals surface area contributed by atoms with E-state index in [9.17, 15) is 8.42 Å². The highest BCUT2D eigenvalue weighted by molar-refractivity contribution is 7.92. The number of hydrogen-bond donors (Lipinski definition) is 2. The van der Waals surface area contributed by atoms with Gasteiger partial charge in [0.1, 0.15) is 0 Å². The number of thiazole rings is 1. The second-order valence-corrected chi connectivity index (χ2v) is 8.98. The summed E-state index contributed by atoms with van der Waals surface area (Å²) in [5.41, 5.74) is 2.61. The Hall–Kier alpha value is -3.22. The van der Waals surface area contributed by atoms with E-state index in [4.69, 9.17) is 9.47 Å². The molecular formula is C21H19BrN5O4S2-. The van der Waals surface area contributed by atoms with E-state index in [1.54, 1.807) is 12.1 Å². The highest BCUT2D eigenvalue weighted by Gasteiger charge is 2.17. The third-order valence-electron chi connectivity index (χ3n) is 4.30. The van der Waals surface area contributed by atoms with Gasteiger partial charge in [-0.3, -0.25) is 4.72 Å². The first kappa shape index (κ1) is 24.4. The zero-order valence-corrected chi connectivity index (χ0v) is 20.7. The third kappa shape index (κ3) is 5.97. The van der Waals surface area contributed by atoms with Crippen LogP contribution in [0, 0.1) is 0 Å². The van der Waals surface area contributed by atoms with Gasteiger partial charge in [-0.25, -0.2) is 13.4 Å². The average molecular weight is 549 g/mol. The first-order valence-corrected chi connectivity index (χ1v) is 11.7. The minimum absolute atomic E-state index is 0. The summed E-state index contributed by atoms with van der Waals surface area (Å²) >= 11 is 1.47. The molecule has 2 aromatic heterocycles. The molecule has 0 saturated heterocycles. The van der Waals surface area contributed by atoms with Gasteiger partial charge in [-0.1, -0.05) is 30.3 Å². The summed E-state index contributed by atoms with van der Waals surface area (Å²) in [6, 6.07) is 17.5. The summed E-state index contributed by atoms with van der Waals surface area (Å²) in [7, 11) is -1.08. The predicted molar refractivity (Wildman–Crippen MR) is 123 cm³/mol. The molecule has 2 aromatic carbocycles. The first-order chi connectivity index (χ1) is 15.5. The molecule has 0 spiro atoms. The molecule has 0 unspecified atom stereocenters. The number of benzene rings is 2.